The number of hydrogen-bond donors (Lipinski definition) is 1. The highest BCUT2D eigenvalue weighted by Gasteiger charge is 2.57. The minimum Gasteiger partial charge on any atom is -0.357 e. The highest BCUT2D eigenvalue weighted by atomic mass is 32.1. The summed E-state index contributed by atoms with van der Waals surface area (Å²) in [5.74, 6) is 0.214. The predicted octanol–water partition coefficient (Wildman–Crippen LogP) is 2.98. The fourth-order valence-electron chi connectivity index (χ4n) is 0.669. The van der Waals surface area contributed by atoms with Crippen LogP contribution in [0.25, 0.3) is 0 Å². The average Bonchev–Trinajstić information content (AvgIpc) is 1.99. The third-order valence-corrected chi connectivity index (χ3v) is 1.44. The van der Waals surface area contributed by atoms with Crippen LogP contribution in [0.4, 0.5) is 26.3 Å². The fraction of sp³-hybridized carbons (Fsp3) is 0.714. The Bertz CT molecular complexity index is 195. The normalized spacial score (nSPS) is 14.1. The lowest BCUT2D eigenvalue weighted by atomic mass is 10.3. The van der Waals surface area contributed by atoms with E-state index < -0.39 is 25.1 Å². The first kappa shape index (κ1) is 14.6. The zero-order valence-corrected chi connectivity index (χ0v) is 8.16. The highest BCUT2D eigenvalue weighted by Crippen LogP contribution is 2.35. The van der Waals surface area contributed by atoms with Crippen LogP contribution in [0.2, 0.25) is 0 Å². The number of ether oxygens (including phenoxy) is 1. The maximum atomic E-state index is 11.8. The van der Waals surface area contributed by atoms with Crippen LogP contribution in [0.1, 0.15) is 0 Å². The molecular weight excluding hydrogens is 246 g/mol. The molecule has 0 bridgehead atoms. The van der Waals surface area contributed by atoms with Gasteiger partial charge in [0.15, 0.2) is 0 Å². The minimum absolute atomic E-state index is 0.214. The van der Waals surface area contributed by atoms with Gasteiger partial charge in [0, 0.05) is 5.75 Å². The molecule has 15 heavy (non-hydrogen) atoms. The molecule has 0 aromatic carbocycles. The van der Waals surface area contributed by atoms with Crippen molar-refractivity contribution in [3.63, 3.8) is 0 Å². The van der Waals surface area contributed by atoms with Gasteiger partial charge in [-0.3, -0.25) is 0 Å². The maximum Gasteiger partial charge on any atom is 0.423 e. The lowest BCUT2D eigenvalue weighted by Crippen LogP contribution is -2.44. The molecule has 0 heterocycles. The van der Waals surface area contributed by atoms with Crippen LogP contribution < -0.4 is 0 Å². The van der Waals surface area contributed by atoms with E-state index in [4.69, 9.17) is 0 Å². The molecule has 0 N–H and O–H groups in total. The molecular formula is C7H8F6OS. The molecule has 0 saturated heterocycles. The summed E-state index contributed by atoms with van der Waals surface area (Å²) >= 11 is 3.67. The van der Waals surface area contributed by atoms with Crippen LogP contribution in [0.15, 0.2) is 12.2 Å². The summed E-state index contributed by atoms with van der Waals surface area (Å²) in [7, 11) is 0. The van der Waals surface area contributed by atoms with Crippen molar-refractivity contribution in [3.8, 4) is 0 Å². The van der Waals surface area contributed by atoms with E-state index in [1.54, 1.807) is 0 Å². The second kappa shape index (κ2) is 5.64. The molecule has 0 saturated carbocycles. The molecule has 0 unspecified atom stereocenters. The number of thiol groups is 1. The Hall–Kier alpha value is -0.370. The van der Waals surface area contributed by atoms with Gasteiger partial charge in [-0.15, -0.1) is 0 Å². The molecule has 0 aliphatic heterocycles. The molecule has 0 aliphatic rings. The molecule has 1 nitrogen and oxygen atoms in total. The van der Waals surface area contributed by atoms with Crippen LogP contribution in [0.5, 0.6) is 0 Å². The third-order valence-electron chi connectivity index (χ3n) is 1.23. The number of hydrogen-bond acceptors (Lipinski definition) is 2. The number of rotatable bonds is 4. The van der Waals surface area contributed by atoms with Crippen LogP contribution in [0.3, 0.4) is 0 Å². The van der Waals surface area contributed by atoms with Crippen molar-refractivity contribution in [3.05, 3.63) is 12.2 Å². The average molecular weight is 254 g/mol. The van der Waals surface area contributed by atoms with Crippen LogP contribution in [0, 0.1) is 0 Å². The zero-order valence-electron chi connectivity index (χ0n) is 7.27. The summed E-state index contributed by atoms with van der Waals surface area (Å²) in [6, 6.07) is 0. The van der Waals surface area contributed by atoms with Gasteiger partial charge in [-0.05, 0) is 0 Å². The minimum atomic E-state index is -5.45. The molecule has 0 atom stereocenters. The Morgan fingerprint density at radius 3 is 1.80 bits per heavy atom. The third kappa shape index (κ3) is 5.93. The monoisotopic (exact) mass is 254 g/mol. The summed E-state index contributed by atoms with van der Waals surface area (Å²) in [5, 5.41) is 0. The van der Waals surface area contributed by atoms with E-state index in [0.717, 1.165) is 6.08 Å². The van der Waals surface area contributed by atoms with Gasteiger partial charge >= 0.3 is 12.4 Å². The first-order valence-corrected chi connectivity index (χ1v) is 4.33. The largest absolute Gasteiger partial charge is 0.423 e. The van der Waals surface area contributed by atoms with Gasteiger partial charge in [0.2, 0.25) is 6.10 Å². The van der Waals surface area contributed by atoms with Crippen LogP contribution in [-0.2, 0) is 4.74 Å². The van der Waals surface area contributed by atoms with E-state index in [0.29, 0.717) is 0 Å². The van der Waals surface area contributed by atoms with E-state index in [1.165, 1.54) is 6.08 Å². The molecule has 0 radical (unpaired) electrons. The first-order valence-electron chi connectivity index (χ1n) is 3.70. The summed E-state index contributed by atoms with van der Waals surface area (Å²) in [5.41, 5.74) is 0. The molecule has 0 amide bonds. The van der Waals surface area contributed by atoms with Crippen molar-refractivity contribution >= 4 is 12.6 Å². The van der Waals surface area contributed by atoms with Crippen molar-refractivity contribution in [1.29, 1.82) is 0 Å². The lowest BCUT2D eigenvalue weighted by Gasteiger charge is -2.22. The first-order chi connectivity index (χ1) is 6.69. The Kier molecular flexibility index (Phi) is 5.50. The Balaban J connectivity index is 4.35. The van der Waals surface area contributed by atoms with Gasteiger partial charge in [0.25, 0.3) is 0 Å². The van der Waals surface area contributed by atoms with Crippen LogP contribution in [-0.4, -0.2) is 30.8 Å². The summed E-state index contributed by atoms with van der Waals surface area (Å²) in [6.45, 7) is -0.760. The van der Waals surface area contributed by atoms with E-state index in [-0.39, 0.29) is 5.75 Å². The Labute approximate surface area is 87.5 Å². The standard InChI is InChI=1S/C7H8F6OS/c8-6(9,10)5(7(11,12)13)14-3-1-2-4-15/h1-2,5,15H,3-4H2/b2-1+. The molecule has 0 rings (SSSR count). The topological polar surface area (TPSA) is 9.23 Å². The number of alkyl halides is 6. The number of halogens is 6. The van der Waals surface area contributed by atoms with Crippen molar-refractivity contribution in [1.82, 2.24) is 0 Å². The predicted molar refractivity (Wildman–Crippen MR) is 44.8 cm³/mol. The van der Waals surface area contributed by atoms with Gasteiger partial charge < -0.3 is 4.74 Å². The smallest absolute Gasteiger partial charge is 0.357 e. The Morgan fingerprint density at radius 1 is 1.00 bits per heavy atom. The van der Waals surface area contributed by atoms with Crippen molar-refractivity contribution < 1.29 is 31.1 Å². The SMILES string of the molecule is FC(F)(F)C(OC/C=C/CS)C(F)(F)F. The molecule has 0 aromatic rings. The quantitative estimate of drug-likeness (QED) is 0.461. The van der Waals surface area contributed by atoms with Gasteiger partial charge in [-0.2, -0.15) is 39.0 Å². The second-order valence-corrected chi connectivity index (χ2v) is 2.82. The molecule has 8 heteroatoms. The molecule has 0 aromatic heterocycles. The van der Waals surface area contributed by atoms with Gasteiger partial charge in [0.1, 0.15) is 0 Å². The van der Waals surface area contributed by atoms with Crippen molar-refractivity contribution in [2.75, 3.05) is 12.4 Å². The lowest BCUT2D eigenvalue weighted by molar-refractivity contribution is -0.319. The maximum absolute atomic E-state index is 11.8. The van der Waals surface area contributed by atoms with E-state index in [9.17, 15) is 26.3 Å². The molecule has 0 aliphatic carbocycles. The Morgan fingerprint density at radius 2 is 1.47 bits per heavy atom. The highest BCUT2D eigenvalue weighted by molar-refractivity contribution is 7.80. The van der Waals surface area contributed by atoms with E-state index in [2.05, 4.69) is 17.4 Å². The summed E-state index contributed by atoms with van der Waals surface area (Å²) < 4.78 is 74.7. The fourth-order valence-corrected chi connectivity index (χ4v) is 0.818. The van der Waals surface area contributed by atoms with E-state index >= 15 is 0 Å². The molecule has 0 fully saturated rings. The summed E-state index contributed by atoms with van der Waals surface area (Å²) in [6.07, 6.45) is -12.3. The molecule has 0 spiro atoms. The molecule has 90 valence electrons. The zero-order chi connectivity index (χ0) is 12.1. The van der Waals surface area contributed by atoms with Gasteiger partial charge in [-0.25, -0.2) is 0 Å². The van der Waals surface area contributed by atoms with Crippen molar-refractivity contribution in [2.24, 2.45) is 0 Å². The van der Waals surface area contributed by atoms with Gasteiger partial charge in [0.05, 0.1) is 6.61 Å². The van der Waals surface area contributed by atoms with E-state index in [1.807, 2.05) is 0 Å². The van der Waals surface area contributed by atoms with Gasteiger partial charge in [-0.1, -0.05) is 12.2 Å². The summed E-state index contributed by atoms with van der Waals surface area (Å²) in [4.78, 5) is 0. The van der Waals surface area contributed by atoms with Crippen LogP contribution >= 0.6 is 12.6 Å². The van der Waals surface area contributed by atoms with Crippen molar-refractivity contribution in [2.45, 2.75) is 18.5 Å². The second-order valence-electron chi connectivity index (χ2n) is 2.45.